The maximum atomic E-state index is 10.9. The summed E-state index contributed by atoms with van der Waals surface area (Å²) in [6, 6.07) is 6.01. The summed E-state index contributed by atoms with van der Waals surface area (Å²) in [5, 5.41) is 3.30. The number of hydrogen-bond donors (Lipinski definition) is 2. The van der Waals surface area contributed by atoms with Crippen molar-refractivity contribution in [3.8, 4) is 0 Å². The summed E-state index contributed by atoms with van der Waals surface area (Å²) >= 11 is 0. The van der Waals surface area contributed by atoms with E-state index in [2.05, 4.69) is 12.2 Å². The molecule has 2 rings (SSSR count). The predicted octanol–water partition coefficient (Wildman–Crippen LogP) is 0.950. The lowest BCUT2D eigenvalue weighted by atomic mass is 10.0. The number of fused-ring (bicyclic) bond motifs is 1. The zero-order valence-corrected chi connectivity index (χ0v) is 7.50. The second-order valence-electron chi connectivity index (χ2n) is 3.38. The van der Waals surface area contributed by atoms with E-state index < -0.39 is 0 Å². The maximum absolute atomic E-state index is 10.9. The van der Waals surface area contributed by atoms with Crippen LogP contribution in [-0.4, -0.2) is 5.91 Å². The molecule has 0 fully saturated rings. The summed E-state index contributed by atoms with van der Waals surface area (Å²) in [5.74, 6) is -0.359. The highest BCUT2D eigenvalue weighted by molar-refractivity contribution is 5.93. The molecular formula is C10H12N2O. The average Bonchev–Trinajstić information content (AvgIpc) is 2.47. The number of carbonyl (C=O) groups excluding carboxylic acids is 1. The van der Waals surface area contributed by atoms with Crippen molar-refractivity contribution in [2.45, 2.75) is 19.5 Å². The van der Waals surface area contributed by atoms with E-state index in [-0.39, 0.29) is 5.91 Å². The molecule has 0 radical (unpaired) electrons. The Morgan fingerprint density at radius 1 is 1.62 bits per heavy atom. The van der Waals surface area contributed by atoms with Gasteiger partial charge in [0.2, 0.25) is 5.91 Å². The van der Waals surface area contributed by atoms with Gasteiger partial charge in [-0.1, -0.05) is 6.07 Å². The van der Waals surface area contributed by atoms with Crippen LogP contribution < -0.4 is 11.1 Å². The van der Waals surface area contributed by atoms with Gasteiger partial charge in [-0.25, -0.2) is 0 Å². The Bertz CT molecular complexity index is 360. The number of primary amides is 1. The molecule has 13 heavy (non-hydrogen) atoms. The highest BCUT2D eigenvalue weighted by Crippen LogP contribution is 2.25. The van der Waals surface area contributed by atoms with Crippen LogP contribution in [0, 0.1) is 0 Å². The van der Waals surface area contributed by atoms with Crippen molar-refractivity contribution >= 4 is 5.91 Å². The molecule has 1 atom stereocenters. The number of amides is 1. The summed E-state index contributed by atoms with van der Waals surface area (Å²) < 4.78 is 0. The van der Waals surface area contributed by atoms with E-state index in [0.717, 1.165) is 6.54 Å². The van der Waals surface area contributed by atoms with E-state index in [4.69, 9.17) is 5.73 Å². The van der Waals surface area contributed by atoms with Crippen LogP contribution in [0.3, 0.4) is 0 Å². The minimum absolute atomic E-state index is 0.359. The summed E-state index contributed by atoms with van der Waals surface area (Å²) in [7, 11) is 0. The van der Waals surface area contributed by atoms with E-state index >= 15 is 0 Å². The van der Waals surface area contributed by atoms with Crippen LogP contribution >= 0.6 is 0 Å². The molecule has 68 valence electrons. The molecule has 1 aliphatic rings. The first kappa shape index (κ1) is 8.26. The number of benzene rings is 1. The quantitative estimate of drug-likeness (QED) is 0.669. The average molecular weight is 176 g/mol. The van der Waals surface area contributed by atoms with Crippen molar-refractivity contribution < 1.29 is 4.79 Å². The first-order valence-electron chi connectivity index (χ1n) is 4.34. The van der Waals surface area contributed by atoms with E-state index in [1.807, 2.05) is 12.1 Å². The molecule has 3 nitrogen and oxygen atoms in total. The predicted molar refractivity (Wildman–Crippen MR) is 50.2 cm³/mol. The molecule has 0 spiro atoms. The van der Waals surface area contributed by atoms with Gasteiger partial charge in [0.1, 0.15) is 0 Å². The van der Waals surface area contributed by atoms with Gasteiger partial charge in [-0.15, -0.1) is 0 Å². The molecular weight excluding hydrogens is 164 g/mol. The smallest absolute Gasteiger partial charge is 0.248 e. The highest BCUT2D eigenvalue weighted by Gasteiger charge is 2.18. The fourth-order valence-electron chi connectivity index (χ4n) is 1.71. The third-order valence-electron chi connectivity index (χ3n) is 2.49. The summed E-state index contributed by atoms with van der Waals surface area (Å²) in [5.41, 5.74) is 8.23. The summed E-state index contributed by atoms with van der Waals surface area (Å²) in [6.07, 6.45) is 0. The Labute approximate surface area is 76.9 Å². The minimum Gasteiger partial charge on any atom is -0.366 e. The van der Waals surface area contributed by atoms with Crippen molar-refractivity contribution in [1.29, 1.82) is 0 Å². The van der Waals surface area contributed by atoms with Crippen LogP contribution in [0.2, 0.25) is 0 Å². The largest absolute Gasteiger partial charge is 0.366 e. The van der Waals surface area contributed by atoms with Crippen molar-refractivity contribution in [2.75, 3.05) is 0 Å². The van der Waals surface area contributed by atoms with Crippen LogP contribution in [0.15, 0.2) is 18.2 Å². The number of hydrogen-bond acceptors (Lipinski definition) is 2. The van der Waals surface area contributed by atoms with Gasteiger partial charge in [0.25, 0.3) is 0 Å². The molecule has 0 bridgehead atoms. The highest BCUT2D eigenvalue weighted by atomic mass is 16.1. The van der Waals surface area contributed by atoms with Gasteiger partial charge in [-0.2, -0.15) is 0 Å². The maximum Gasteiger partial charge on any atom is 0.248 e. The molecule has 3 N–H and O–H groups in total. The Hall–Kier alpha value is -1.35. The zero-order chi connectivity index (χ0) is 9.42. The molecule has 1 aromatic rings. The molecule has 0 saturated heterocycles. The molecule has 0 unspecified atom stereocenters. The normalized spacial score (nSPS) is 19.9. The lowest BCUT2D eigenvalue weighted by Crippen LogP contribution is -2.11. The van der Waals surface area contributed by atoms with Gasteiger partial charge < -0.3 is 11.1 Å². The van der Waals surface area contributed by atoms with E-state index in [9.17, 15) is 4.79 Å². The van der Waals surface area contributed by atoms with Crippen LogP contribution in [0.5, 0.6) is 0 Å². The van der Waals surface area contributed by atoms with Crippen LogP contribution in [-0.2, 0) is 6.54 Å². The number of rotatable bonds is 1. The lowest BCUT2D eigenvalue weighted by Gasteiger charge is -2.04. The molecule has 1 aromatic carbocycles. The Kier molecular flexibility index (Phi) is 1.81. The molecule has 0 aromatic heterocycles. The zero-order valence-electron chi connectivity index (χ0n) is 7.50. The van der Waals surface area contributed by atoms with Gasteiger partial charge >= 0.3 is 0 Å². The van der Waals surface area contributed by atoms with Crippen LogP contribution in [0.1, 0.15) is 34.5 Å². The SMILES string of the molecule is C[C@@H]1NCc2cc(C(N)=O)ccc21. The lowest BCUT2D eigenvalue weighted by molar-refractivity contribution is 0.1000. The fourth-order valence-corrected chi connectivity index (χ4v) is 1.71. The van der Waals surface area contributed by atoms with Gasteiger partial charge in [0.15, 0.2) is 0 Å². The summed E-state index contributed by atoms with van der Waals surface area (Å²) in [6.45, 7) is 2.94. The topological polar surface area (TPSA) is 55.1 Å². The van der Waals surface area contributed by atoms with Crippen molar-refractivity contribution in [3.05, 3.63) is 34.9 Å². The van der Waals surface area contributed by atoms with Gasteiger partial charge in [-0.3, -0.25) is 4.79 Å². The monoisotopic (exact) mass is 176 g/mol. The Morgan fingerprint density at radius 3 is 3.08 bits per heavy atom. The van der Waals surface area contributed by atoms with E-state index in [1.165, 1.54) is 11.1 Å². The number of nitrogens with two attached hydrogens (primary N) is 1. The van der Waals surface area contributed by atoms with Gasteiger partial charge in [-0.05, 0) is 30.2 Å². The second kappa shape index (κ2) is 2.85. The molecule has 0 aliphatic carbocycles. The van der Waals surface area contributed by atoms with E-state index in [0.29, 0.717) is 11.6 Å². The van der Waals surface area contributed by atoms with E-state index in [1.54, 1.807) is 6.07 Å². The van der Waals surface area contributed by atoms with Crippen LogP contribution in [0.4, 0.5) is 0 Å². The first-order valence-corrected chi connectivity index (χ1v) is 4.34. The van der Waals surface area contributed by atoms with Crippen molar-refractivity contribution in [2.24, 2.45) is 5.73 Å². The number of nitrogens with one attached hydrogen (secondary N) is 1. The second-order valence-corrected chi connectivity index (χ2v) is 3.38. The van der Waals surface area contributed by atoms with Gasteiger partial charge in [0, 0.05) is 18.2 Å². The summed E-state index contributed by atoms with van der Waals surface area (Å²) in [4.78, 5) is 10.9. The third kappa shape index (κ3) is 1.31. The van der Waals surface area contributed by atoms with Crippen molar-refractivity contribution in [3.63, 3.8) is 0 Å². The molecule has 1 aliphatic heterocycles. The number of carbonyl (C=O) groups is 1. The fraction of sp³-hybridized carbons (Fsp3) is 0.300. The Morgan fingerprint density at radius 2 is 2.38 bits per heavy atom. The van der Waals surface area contributed by atoms with Crippen molar-refractivity contribution in [1.82, 2.24) is 5.32 Å². The molecule has 1 heterocycles. The van der Waals surface area contributed by atoms with Gasteiger partial charge in [0.05, 0.1) is 0 Å². The van der Waals surface area contributed by atoms with Crippen LogP contribution in [0.25, 0.3) is 0 Å². The molecule has 3 heteroatoms. The Balaban J connectivity index is 2.45. The third-order valence-corrected chi connectivity index (χ3v) is 2.49. The molecule has 0 saturated carbocycles. The minimum atomic E-state index is -0.359. The molecule has 1 amide bonds. The standard InChI is InChI=1S/C10H12N2O/c1-6-9-3-2-7(10(11)13)4-8(9)5-12-6/h2-4,6,12H,5H2,1H3,(H2,11,13)/t6-/m0/s1. The first-order chi connectivity index (χ1) is 6.18.